The van der Waals surface area contributed by atoms with Gasteiger partial charge in [-0.05, 0) is 55.3 Å². The normalized spacial score (nSPS) is 10.4. The molecule has 20 heavy (non-hydrogen) atoms. The molecule has 2 aromatic carbocycles. The number of nitrogens with two attached hydrogens (primary N) is 1. The largest absolute Gasteiger partial charge is 0.496 e. The average Bonchev–Trinajstić information content (AvgIpc) is 2.42. The van der Waals surface area contributed by atoms with Crippen LogP contribution in [0.2, 0.25) is 0 Å². The van der Waals surface area contributed by atoms with Crippen molar-refractivity contribution in [3.63, 3.8) is 0 Å². The van der Waals surface area contributed by atoms with Crippen LogP contribution in [0, 0.1) is 13.8 Å². The highest BCUT2D eigenvalue weighted by Crippen LogP contribution is 2.27. The van der Waals surface area contributed by atoms with Gasteiger partial charge < -0.3 is 10.5 Å². The summed E-state index contributed by atoms with van der Waals surface area (Å²) in [7, 11) is 1.62. The van der Waals surface area contributed by atoms with Crippen LogP contribution in [0.25, 0.3) is 0 Å². The number of ether oxygens (including phenoxy) is 1. The maximum atomic E-state index is 12.7. The number of benzene rings is 2. The lowest BCUT2D eigenvalue weighted by Gasteiger charge is -2.12. The quantitative estimate of drug-likeness (QED) is 0.684. The van der Waals surface area contributed by atoms with Crippen LogP contribution in [0.1, 0.15) is 27.0 Å². The number of methoxy groups -OCH3 is 1. The molecule has 0 unspecified atom stereocenters. The molecule has 0 radical (unpaired) electrons. The molecule has 0 heterocycles. The molecular weight excluding hydrogens is 318 g/mol. The minimum Gasteiger partial charge on any atom is -0.496 e. The number of halogens is 1. The molecule has 2 aromatic rings. The van der Waals surface area contributed by atoms with E-state index in [0.717, 1.165) is 21.3 Å². The molecular formula is C16H16BrNO2. The Hall–Kier alpha value is -1.81. The summed E-state index contributed by atoms with van der Waals surface area (Å²) in [6.45, 7) is 3.81. The molecule has 0 bridgehead atoms. The molecule has 0 aliphatic rings. The Morgan fingerprint density at radius 2 is 1.80 bits per heavy atom. The first-order valence-corrected chi connectivity index (χ1v) is 6.98. The van der Waals surface area contributed by atoms with E-state index in [9.17, 15) is 4.79 Å². The summed E-state index contributed by atoms with van der Waals surface area (Å²) in [6.07, 6.45) is 0. The van der Waals surface area contributed by atoms with Crippen molar-refractivity contribution in [1.29, 1.82) is 0 Å². The van der Waals surface area contributed by atoms with Crippen LogP contribution in [0.3, 0.4) is 0 Å². The zero-order valence-electron chi connectivity index (χ0n) is 11.7. The van der Waals surface area contributed by atoms with Crippen molar-refractivity contribution in [3.8, 4) is 5.75 Å². The standard InChI is InChI=1S/C16H16BrNO2/c1-9-7-15(20-3)10(2)6-12(9)16(19)13-8-11(17)4-5-14(13)18/h4-8H,18H2,1-3H3. The number of nitrogen functional groups attached to an aromatic ring is 1. The molecule has 0 saturated heterocycles. The van der Waals surface area contributed by atoms with Gasteiger partial charge in [0, 0.05) is 21.3 Å². The van der Waals surface area contributed by atoms with Gasteiger partial charge in [0.15, 0.2) is 5.78 Å². The number of carbonyl (C=O) groups excluding carboxylic acids is 1. The Kier molecular flexibility index (Phi) is 4.14. The highest BCUT2D eigenvalue weighted by molar-refractivity contribution is 9.10. The zero-order chi connectivity index (χ0) is 14.9. The maximum absolute atomic E-state index is 12.7. The van der Waals surface area contributed by atoms with Gasteiger partial charge >= 0.3 is 0 Å². The lowest BCUT2D eigenvalue weighted by molar-refractivity contribution is 0.103. The molecule has 2 N–H and O–H groups in total. The molecule has 0 aliphatic carbocycles. The van der Waals surface area contributed by atoms with Crippen LogP contribution in [0.4, 0.5) is 5.69 Å². The number of hydrogen-bond acceptors (Lipinski definition) is 3. The van der Waals surface area contributed by atoms with Crippen molar-refractivity contribution in [2.75, 3.05) is 12.8 Å². The van der Waals surface area contributed by atoms with Crippen molar-refractivity contribution in [1.82, 2.24) is 0 Å². The molecule has 0 aliphatic heterocycles. The molecule has 0 spiro atoms. The molecule has 3 nitrogen and oxygen atoms in total. The van der Waals surface area contributed by atoms with E-state index in [1.165, 1.54) is 0 Å². The van der Waals surface area contributed by atoms with E-state index in [2.05, 4.69) is 15.9 Å². The molecule has 2 rings (SSSR count). The van der Waals surface area contributed by atoms with Gasteiger partial charge in [0.05, 0.1) is 7.11 Å². The van der Waals surface area contributed by atoms with Gasteiger partial charge in [-0.3, -0.25) is 4.79 Å². The fourth-order valence-electron chi connectivity index (χ4n) is 2.12. The van der Waals surface area contributed by atoms with Gasteiger partial charge in [0.2, 0.25) is 0 Å². The minimum atomic E-state index is -0.0768. The molecule has 0 fully saturated rings. The second kappa shape index (κ2) is 5.67. The van der Waals surface area contributed by atoms with Crippen LogP contribution in [0.5, 0.6) is 5.75 Å². The summed E-state index contributed by atoms with van der Waals surface area (Å²) in [5, 5.41) is 0. The number of hydrogen-bond donors (Lipinski definition) is 1. The van der Waals surface area contributed by atoms with Crippen LogP contribution in [-0.2, 0) is 0 Å². The van der Waals surface area contributed by atoms with Gasteiger partial charge in [-0.25, -0.2) is 0 Å². The van der Waals surface area contributed by atoms with E-state index in [4.69, 9.17) is 10.5 Å². The van der Waals surface area contributed by atoms with Gasteiger partial charge in [0.25, 0.3) is 0 Å². The third-order valence-electron chi connectivity index (χ3n) is 3.25. The summed E-state index contributed by atoms with van der Waals surface area (Å²) in [5.41, 5.74) is 9.33. The van der Waals surface area contributed by atoms with Gasteiger partial charge in [-0.1, -0.05) is 15.9 Å². The second-order valence-electron chi connectivity index (χ2n) is 4.70. The predicted octanol–water partition coefficient (Wildman–Crippen LogP) is 3.89. The Balaban J connectivity index is 2.54. The third-order valence-corrected chi connectivity index (χ3v) is 3.74. The number of anilines is 1. The van der Waals surface area contributed by atoms with Gasteiger partial charge in [-0.15, -0.1) is 0 Å². The van der Waals surface area contributed by atoms with Crippen LogP contribution < -0.4 is 10.5 Å². The Bertz CT molecular complexity index is 680. The molecule has 4 heteroatoms. The summed E-state index contributed by atoms with van der Waals surface area (Å²) >= 11 is 3.37. The third kappa shape index (κ3) is 2.70. The van der Waals surface area contributed by atoms with E-state index in [-0.39, 0.29) is 5.78 Å². The molecule has 104 valence electrons. The molecule has 0 saturated carbocycles. The summed E-state index contributed by atoms with van der Waals surface area (Å²) in [6, 6.07) is 9.01. The van der Waals surface area contributed by atoms with E-state index in [1.807, 2.05) is 32.0 Å². The Morgan fingerprint density at radius 3 is 2.45 bits per heavy atom. The number of ketones is 1. The lowest BCUT2D eigenvalue weighted by Crippen LogP contribution is -2.08. The van der Waals surface area contributed by atoms with E-state index >= 15 is 0 Å². The summed E-state index contributed by atoms with van der Waals surface area (Å²) < 4.78 is 6.10. The van der Waals surface area contributed by atoms with Crippen LogP contribution in [-0.4, -0.2) is 12.9 Å². The van der Waals surface area contributed by atoms with Crippen molar-refractivity contribution < 1.29 is 9.53 Å². The summed E-state index contributed by atoms with van der Waals surface area (Å²) in [4.78, 5) is 12.7. The van der Waals surface area contributed by atoms with Gasteiger partial charge in [-0.2, -0.15) is 0 Å². The average molecular weight is 334 g/mol. The highest BCUT2D eigenvalue weighted by atomic mass is 79.9. The SMILES string of the molecule is COc1cc(C)c(C(=O)c2cc(Br)ccc2N)cc1C. The van der Waals surface area contributed by atoms with Crippen molar-refractivity contribution in [2.45, 2.75) is 13.8 Å². The number of aryl methyl sites for hydroxylation is 2. The van der Waals surface area contributed by atoms with Crippen molar-refractivity contribution in [2.24, 2.45) is 0 Å². The topological polar surface area (TPSA) is 52.3 Å². The number of rotatable bonds is 3. The predicted molar refractivity (Wildman–Crippen MR) is 84.5 cm³/mol. The van der Waals surface area contributed by atoms with Gasteiger partial charge in [0.1, 0.15) is 5.75 Å². The van der Waals surface area contributed by atoms with Crippen LogP contribution in [0.15, 0.2) is 34.8 Å². The second-order valence-corrected chi connectivity index (χ2v) is 5.61. The molecule has 0 atom stereocenters. The Morgan fingerprint density at radius 1 is 1.10 bits per heavy atom. The smallest absolute Gasteiger partial charge is 0.195 e. The van der Waals surface area contributed by atoms with E-state index < -0.39 is 0 Å². The zero-order valence-corrected chi connectivity index (χ0v) is 13.2. The van der Waals surface area contributed by atoms with Crippen LogP contribution >= 0.6 is 15.9 Å². The van der Waals surface area contributed by atoms with E-state index in [0.29, 0.717) is 16.8 Å². The van der Waals surface area contributed by atoms with Crippen molar-refractivity contribution >= 4 is 27.4 Å². The maximum Gasteiger partial charge on any atom is 0.195 e. The monoisotopic (exact) mass is 333 g/mol. The first kappa shape index (κ1) is 14.6. The summed E-state index contributed by atoms with van der Waals surface area (Å²) in [5.74, 6) is 0.702. The van der Waals surface area contributed by atoms with E-state index in [1.54, 1.807) is 19.2 Å². The molecule has 0 amide bonds. The fourth-order valence-corrected chi connectivity index (χ4v) is 2.49. The van der Waals surface area contributed by atoms with Crippen molar-refractivity contribution in [3.05, 3.63) is 57.1 Å². The lowest BCUT2D eigenvalue weighted by atomic mass is 9.96. The molecule has 0 aromatic heterocycles. The number of carbonyl (C=O) groups is 1. The highest BCUT2D eigenvalue weighted by Gasteiger charge is 2.16. The first-order valence-electron chi connectivity index (χ1n) is 6.19. The minimum absolute atomic E-state index is 0.0768. The fraction of sp³-hybridized carbons (Fsp3) is 0.188. The Labute approximate surface area is 126 Å². The first-order chi connectivity index (χ1) is 9.43.